The van der Waals surface area contributed by atoms with Gasteiger partial charge in [-0.25, -0.2) is 0 Å². The van der Waals surface area contributed by atoms with Crippen LogP contribution in [0.15, 0.2) is 224 Å². The van der Waals surface area contributed by atoms with Crippen molar-refractivity contribution in [1.29, 1.82) is 0 Å². The maximum absolute atomic E-state index is 2.64. The maximum Gasteiger partial charge on any atom is 0.0543 e. The summed E-state index contributed by atoms with van der Waals surface area (Å²) in [5.41, 5.74) is 22.7. The number of hydrogen-bond donors (Lipinski definition) is 0. The van der Waals surface area contributed by atoms with Gasteiger partial charge in [0.2, 0.25) is 0 Å². The van der Waals surface area contributed by atoms with Crippen LogP contribution in [0.3, 0.4) is 0 Å². The highest BCUT2D eigenvalue weighted by molar-refractivity contribution is 6.27. The molecule has 0 aliphatic rings. The second kappa shape index (κ2) is 20.5. The molecule has 12 aromatic carbocycles. The predicted molar refractivity (Wildman–Crippen MR) is 374 cm³/mol. The maximum atomic E-state index is 2.64. The molecule has 0 fully saturated rings. The monoisotopic (exact) mass is 1120 g/mol. The Morgan fingerprint density at radius 2 is 0.686 bits per heavy atom. The first-order valence-corrected chi connectivity index (χ1v) is 31.1. The second-order valence-corrected chi connectivity index (χ2v) is 29.6. The molecule has 2 nitrogen and oxygen atoms in total. The van der Waals surface area contributed by atoms with E-state index in [1.807, 2.05) is 0 Å². The van der Waals surface area contributed by atoms with Crippen molar-refractivity contribution in [3.8, 4) is 50.2 Å². The molecule has 13 aromatic rings. The van der Waals surface area contributed by atoms with E-state index in [1.54, 1.807) is 0 Å². The highest BCUT2D eigenvalue weighted by Crippen LogP contribution is 2.51. The van der Waals surface area contributed by atoms with E-state index >= 15 is 0 Å². The van der Waals surface area contributed by atoms with Crippen molar-refractivity contribution in [1.82, 2.24) is 4.57 Å². The number of hydrogen-bond acceptors (Lipinski definition) is 1. The van der Waals surface area contributed by atoms with E-state index in [2.05, 4.69) is 338 Å². The second-order valence-electron chi connectivity index (χ2n) is 29.6. The Balaban J connectivity index is 1.16. The van der Waals surface area contributed by atoms with E-state index in [-0.39, 0.29) is 27.1 Å². The van der Waals surface area contributed by atoms with Crippen molar-refractivity contribution in [2.24, 2.45) is 0 Å². The van der Waals surface area contributed by atoms with Crippen molar-refractivity contribution in [2.75, 3.05) is 4.90 Å². The van der Waals surface area contributed by atoms with Gasteiger partial charge >= 0.3 is 0 Å². The molecule has 2 heteroatoms. The molecule has 0 amide bonds. The molecule has 0 N–H and O–H groups in total. The SMILES string of the molecule is CC(C)(C)c1cc(-c2cc(-c3cc(C(C)(C)C)cc(C(C)(C)C)c3)cc(N(c3cc(C(C)(C)C)ccc3-c3ccc(-c4ccccc4)cc3)c3ccc4ccc5c(-n6c7ccccc7c7ccccc76)ccc6ccc3c4c65)c2)cc(C(C)(C)C)c1. The van der Waals surface area contributed by atoms with Gasteiger partial charge in [0.1, 0.15) is 0 Å². The van der Waals surface area contributed by atoms with Crippen LogP contribution in [0.5, 0.6) is 0 Å². The van der Waals surface area contributed by atoms with Crippen molar-refractivity contribution in [2.45, 2.75) is 131 Å². The molecule has 1 heterocycles. The van der Waals surface area contributed by atoms with Gasteiger partial charge in [-0.05, 0) is 164 Å². The minimum absolute atomic E-state index is 0.0768. The molecule has 0 unspecified atom stereocenters. The number of benzene rings is 12. The van der Waals surface area contributed by atoms with Gasteiger partial charge in [0.25, 0.3) is 0 Å². The fourth-order valence-electron chi connectivity index (χ4n) is 13.0. The van der Waals surface area contributed by atoms with Crippen LogP contribution in [0, 0.1) is 0 Å². The Labute approximate surface area is 511 Å². The van der Waals surface area contributed by atoms with Crippen LogP contribution in [-0.2, 0) is 27.1 Å². The smallest absolute Gasteiger partial charge is 0.0543 e. The molecular formula is C84H82N2. The summed E-state index contributed by atoms with van der Waals surface area (Å²) in [6, 6.07) is 86.3. The Kier molecular flexibility index (Phi) is 13.4. The number of para-hydroxylation sites is 2. The van der Waals surface area contributed by atoms with E-state index in [9.17, 15) is 0 Å². The fourth-order valence-corrected chi connectivity index (χ4v) is 13.0. The lowest BCUT2D eigenvalue weighted by Crippen LogP contribution is -2.17. The zero-order valence-corrected chi connectivity index (χ0v) is 53.3. The topological polar surface area (TPSA) is 8.17 Å². The number of rotatable bonds is 8. The van der Waals surface area contributed by atoms with Crippen molar-refractivity contribution in [3.05, 3.63) is 252 Å². The summed E-state index contributed by atoms with van der Waals surface area (Å²) < 4.78 is 2.49. The lowest BCUT2D eigenvalue weighted by Gasteiger charge is -2.33. The molecule has 0 saturated heterocycles. The summed E-state index contributed by atoms with van der Waals surface area (Å²) in [4.78, 5) is 2.64. The van der Waals surface area contributed by atoms with E-state index < -0.39 is 0 Å². The Bertz CT molecular complexity index is 4530. The summed E-state index contributed by atoms with van der Waals surface area (Å²) in [5.74, 6) is 0. The number of fused-ring (bicyclic) bond motifs is 3. The standard InChI is InChI=1S/C84H82N2/c1-80(2,3)62-37-40-68(55-31-29-54(30-32-55)53-23-17-16-18-24-53)77(52-62)85(75-41-35-56-34-39-72-76(42-36-57-33-38-71(75)78(56)79(57)72)86-73-27-21-19-25-69(73)70-26-20-22-28-74(70)86)67-48-58(60-44-63(81(4,5)6)50-64(45-60)82(7,8)9)43-59(49-67)61-46-65(83(10,11)12)51-66(47-61)84(13,14)15/h16-52H,1-15H3. The third-order valence-corrected chi connectivity index (χ3v) is 18.3. The Morgan fingerprint density at radius 1 is 0.267 bits per heavy atom. The van der Waals surface area contributed by atoms with Crippen LogP contribution in [-0.4, -0.2) is 4.57 Å². The molecule has 428 valence electrons. The normalized spacial score (nSPS) is 12.8. The van der Waals surface area contributed by atoms with Crippen LogP contribution < -0.4 is 4.90 Å². The molecule has 1 aromatic heterocycles. The van der Waals surface area contributed by atoms with E-state index in [4.69, 9.17) is 0 Å². The first-order valence-electron chi connectivity index (χ1n) is 31.1. The summed E-state index contributed by atoms with van der Waals surface area (Å²) in [6.45, 7) is 35.3. The quantitative estimate of drug-likeness (QED) is 0.138. The molecular weight excluding hydrogens is 1040 g/mol. The molecule has 0 radical (unpaired) electrons. The zero-order valence-electron chi connectivity index (χ0n) is 53.3. The molecule has 86 heavy (non-hydrogen) atoms. The Morgan fingerprint density at radius 3 is 1.20 bits per heavy atom. The first-order chi connectivity index (χ1) is 40.8. The van der Waals surface area contributed by atoms with Gasteiger partial charge in [-0.3, -0.25) is 0 Å². The van der Waals surface area contributed by atoms with Crippen LogP contribution in [0.2, 0.25) is 0 Å². The van der Waals surface area contributed by atoms with Crippen LogP contribution in [0.4, 0.5) is 17.1 Å². The first kappa shape index (κ1) is 56.4. The molecule has 0 spiro atoms. The average molecular weight is 1120 g/mol. The van der Waals surface area contributed by atoms with Gasteiger partial charge in [-0.2, -0.15) is 0 Å². The van der Waals surface area contributed by atoms with Gasteiger partial charge in [-0.15, -0.1) is 0 Å². The zero-order chi connectivity index (χ0) is 60.4. The molecule has 0 bridgehead atoms. The van der Waals surface area contributed by atoms with Gasteiger partial charge in [0.15, 0.2) is 0 Å². The summed E-state index contributed by atoms with van der Waals surface area (Å²) in [6.07, 6.45) is 0. The summed E-state index contributed by atoms with van der Waals surface area (Å²) in [7, 11) is 0. The third-order valence-electron chi connectivity index (χ3n) is 18.3. The fraction of sp³-hybridized carbons (Fsp3) is 0.238. The van der Waals surface area contributed by atoms with Crippen molar-refractivity contribution < 1.29 is 0 Å². The lowest BCUT2D eigenvalue weighted by molar-refractivity contribution is 0.568. The van der Waals surface area contributed by atoms with E-state index in [0.29, 0.717) is 0 Å². The Hall–Kier alpha value is -8.72. The highest BCUT2D eigenvalue weighted by atomic mass is 15.1. The van der Waals surface area contributed by atoms with E-state index in [0.717, 1.165) is 22.6 Å². The molecule has 0 atom stereocenters. The molecule has 13 rings (SSSR count). The third kappa shape index (κ3) is 10.2. The minimum Gasteiger partial charge on any atom is -0.309 e. The number of aromatic nitrogens is 1. The predicted octanol–water partition coefficient (Wildman–Crippen LogP) is 24.3. The van der Waals surface area contributed by atoms with E-state index in [1.165, 1.54) is 127 Å². The minimum atomic E-state index is -0.150. The lowest BCUT2D eigenvalue weighted by atomic mass is 9.78. The van der Waals surface area contributed by atoms with Gasteiger partial charge in [0.05, 0.1) is 28.1 Å². The van der Waals surface area contributed by atoms with Crippen molar-refractivity contribution >= 4 is 71.2 Å². The summed E-state index contributed by atoms with van der Waals surface area (Å²) in [5, 5.41) is 9.95. The largest absolute Gasteiger partial charge is 0.309 e. The van der Waals surface area contributed by atoms with Crippen LogP contribution in [0.1, 0.15) is 132 Å². The van der Waals surface area contributed by atoms with Crippen LogP contribution in [0.25, 0.3) is 104 Å². The van der Waals surface area contributed by atoms with Crippen molar-refractivity contribution in [3.63, 3.8) is 0 Å². The van der Waals surface area contributed by atoms with Crippen LogP contribution >= 0.6 is 0 Å². The molecule has 0 aliphatic heterocycles. The van der Waals surface area contributed by atoms with Gasteiger partial charge < -0.3 is 9.47 Å². The highest BCUT2D eigenvalue weighted by Gasteiger charge is 2.29. The summed E-state index contributed by atoms with van der Waals surface area (Å²) >= 11 is 0. The molecule has 0 aliphatic carbocycles. The van der Waals surface area contributed by atoms with Gasteiger partial charge in [-0.1, -0.05) is 280 Å². The number of nitrogens with zero attached hydrogens (tertiary/aromatic N) is 2. The average Bonchev–Trinajstić information content (AvgIpc) is 1.16. The van der Waals surface area contributed by atoms with Gasteiger partial charge in [0, 0.05) is 32.8 Å². The molecule has 0 saturated carbocycles. The number of anilines is 3.